The van der Waals surface area contributed by atoms with E-state index < -0.39 is 12.2 Å². The van der Waals surface area contributed by atoms with Crippen LogP contribution in [0.25, 0.3) is 0 Å². The molecule has 1 aliphatic rings. The summed E-state index contributed by atoms with van der Waals surface area (Å²) in [7, 11) is 0. The second-order valence-corrected chi connectivity index (χ2v) is 6.93. The maximum atomic E-state index is 12.8. The molecule has 1 fully saturated rings. The lowest BCUT2D eigenvalue weighted by Gasteiger charge is -2.48. The van der Waals surface area contributed by atoms with Crippen molar-refractivity contribution in [2.24, 2.45) is 0 Å². The van der Waals surface area contributed by atoms with Crippen molar-refractivity contribution in [1.82, 2.24) is 10.0 Å². The minimum Gasteiger partial charge on any atom is -0.443 e. The summed E-state index contributed by atoms with van der Waals surface area (Å²) in [5.74, 6) is 0. The normalized spacial score (nSPS) is 15.3. The summed E-state index contributed by atoms with van der Waals surface area (Å²) in [5.41, 5.74) is 2.69. The van der Waals surface area contributed by atoms with Crippen molar-refractivity contribution in [3.05, 3.63) is 108 Å². The molecule has 0 saturated carbocycles. The lowest BCUT2D eigenvalue weighted by Crippen LogP contribution is -2.63. The van der Waals surface area contributed by atoms with Gasteiger partial charge in [-0.2, -0.15) is 0 Å². The van der Waals surface area contributed by atoms with Crippen LogP contribution in [-0.4, -0.2) is 28.7 Å². The van der Waals surface area contributed by atoms with Crippen LogP contribution in [0.4, 0.5) is 9.59 Å². The standard InChI is InChI=1S/C24H22N2O4/c27-23(29-17-19-10-4-1-5-11-19)25-16-22(21-14-8-3-9-15-21)26(25)24(28)30-18-20-12-6-2-7-13-20/h1-15,22H,16-18H2/t22-/m1/s1. The van der Waals surface area contributed by atoms with Gasteiger partial charge in [0.1, 0.15) is 19.3 Å². The molecule has 0 radical (unpaired) electrons. The van der Waals surface area contributed by atoms with E-state index in [1.54, 1.807) is 0 Å². The Hall–Kier alpha value is -3.80. The van der Waals surface area contributed by atoms with Crippen LogP contribution in [0.15, 0.2) is 91.0 Å². The van der Waals surface area contributed by atoms with Crippen molar-refractivity contribution in [1.29, 1.82) is 0 Å². The predicted molar refractivity (Wildman–Crippen MR) is 111 cm³/mol. The Morgan fingerprint density at radius 2 is 1.17 bits per heavy atom. The average Bonchev–Trinajstić information content (AvgIpc) is 2.78. The molecule has 0 unspecified atom stereocenters. The third kappa shape index (κ3) is 4.43. The first-order valence-electron chi connectivity index (χ1n) is 9.75. The van der Waals surface area contributed by atoms with E-state index in [0.717, 1.165) is 16.7 Å². The van der Waals surface area contributed by atoms with Gasteiger partial charge in [-0.25, -0.2) is 19.6 Å². The fraction of sp³-hybridized carbons (Fsp3) is 0.167. The second-order valence-electron chi connectivity index (χ2n) is 6.93. The first-order chi connectivity index (χ1) is 14.7. The molecule has 4 rings (SSSR count). The van der Waals surface area contributed by atoms with Gasteiger partial charge in [-0.15, -0.1) is 0 Å². The van der Waals surface area contributed by atoms with E-state index in [1.807, 2.05) is 91.0 Å². The van der Waals surface area contributed by atoms with E-state index in [2.05, 4.69) is 0 Å². The topological polar surface area (TPSA) is 59.1 Å². The smallest absolute Gasteiger partial charge is 0.429 e. The summed E-state index contributed by atoms with van der Waals surface area (Å²) < 4.78 is 10.9. The van der Waals surface area contributed by atoms with Gasteiger partial charge >= 0.3 is 12.2 Å². The first-order valence-corrected chi connectivity index (χ1v) is 9.75. The molecule has 1 saturated heterocycles. The molecule has 6 heteroatoms. The van der Waals surface area contributed by atoms with Crippen molar-refractivity contribution in [2.75, 3.05) is 6.54 Å². The Morgan fingerprint density at radius 1 is 0.700 bits per heavy atom. The number of nitrogens with zero attached hydrogens (tertiary/aromatic N) is 2. The van der Waals surface area contributed by atoms with Crippen LogP contribution < -0.4 is 0 Å². The zero-order valence-electron chi connectivity index (χ0n) is 16.4. The number of benzene rings is 3. The van der Waals surface area contributed by atoms with Crippen LogP contribution in [0.1, 0.15) is 22.7 Å². The minimum absolute atomic E-state index is 0.130. The number of carbonyl (C=O) groups is 2. The van der Waals surface area contributed by atoms with E-state index in [0.29, 0.717) is 6.54 Å². The Morgan fingerprint density at radius 3 is 1.70 bits per heavy atom. The quantitative estimate of drug-likeness (QED) is 0.607. The molecule has 1 aliphatic heterocycles. The number of carbonyl (C=O) groups excluding carboxylic acids is 2. The lowest BCUT2D eigenvalue weighted by molar-refractivity contribution is -0.125. The van der Waals surface area contributed by atoms with Crippen LogP contribution in [0.3, 0.4) is 0 Å². The number of ether oxygens (including phenoxy) is 2. The van der Waals surface area contributed by atoms with Gasteiger partial charge in [-0.05, 0) is 16.7 Å². The fourth-order valence-corrected chi connectivity index (χ4v) is 3.29. The van der Waals surface area contributed by atoms with Gasteiger partial charge in [0.15, 0.2) is 0 Å². The van der Waals surface area contributed by atoms with Crippen molar-refractivity contribution in [3.63, 3.8) is 0 Å². The Bertz CT molecular complexity index is 980. The number of rotatable bonds is 5. The number of hydrazine groups is 1. The van der Waals surface area contributed by atoms with Crippen molar-refractivity contribution >= 4 is 12.2 Å². The molecule has 0 spiro atoms. The molecule has 0 N–H and O–H groups in total. The summed E-state index contributed by atoms with van der Waals surface area (Å²) >= 11 is 0. The minimum atomic E-state index is -0.587. The molecule has 0 aliphatic carbocycles. The van der Waals surface area contributed by atoms with E-state index in [1.165, 1.54) is 10.0 Å². The molecular weight excluding hydrogens is 380 g/mol. The van der Waals surface area contributed by atoms with Crippen LogP contribution in [0.2, 0.25) is 0 Å². The van der Waals surface area contributed by atoms with Crippen LogP contribution in [-0.2, 0) is 22.7 Å². The second kappa shape index (κ2) is 9.13. The van der Waals surface area contributed by atoms with Crippen molar-refractivity contribution in [2.45, 2.75) is 19.3 Å². The zero-order valence-corrected chi connectivity index (χ0v) is 16.4. The highest BCUT2D eigenvalue weighted by molar-refractivity contribution is 5.76. The van der Waals surface area contributed by atoms with Gasteiger partial charge in [-0.3, -0.25) is 0 Å². The molecule has 6 nitrogen and oxygen atoms in total. The monoisotopic (exact) mass is 402 g/mol. The summed E-state index contributed by atoms with van der Waals surface area (Å²) in [4.78, 5) is 25.4. The molecule has 30 heavy (non-hydrogen) atoms. The van der Waals surface area contributed by atoms with E-state index >= 15 is 0 Å². The van der Waals surface area contributed by atoms with Gasteiger partial charge in [-0.1, -0.05) is 91.0 Å². The zero-order chi connectivity index (χ0) is 20.8. The molecule has 0 bridgehead atoms. The molecule has 0 aromatic heterocycles. The number of hydrogen-bond donors (Lipinski definition) is 0. The summed E-state index contributed by atoms with van der Waals surface area (Å²) in [6.45, 7) is 0.613. The van der Waals surface area contributed by atoms with Crippen molar-refractivity contribution in [3.8, 4) is 0 Å². The third-order valence-electron chi connectivity index (χ3n) is 4.89. The van der Waals surface area contributed by atoms with E-state index in [9.17, 15) is 9.59 Å². The molecule has 2 amide bonds. The molecule has 1 heterocycles. The highest BCUT2D eigenvalue weighted by Crippen LogP contribution is 2.34. The van der Waals surface area contributed by atoms with E-state index in [4.69, 9.17) is 9.47 Å². The molecular formula is C24H22N2O4. The number of hydrogen-bond acceptors (Lipinski definition) is 4. The molecule has 1 atom stereocenters. The molecule has 3 aromatic carbocycles. The molecule has 152 valence electrons. The highest BCUT2D eigenvalue weighted by atomic mass is 16.6. The highest BCUT2D eigenvalue weighted by Gasteiger charge is 2.46. The maximum Gasteiger partial charge on any atom is 0.429 e. The summed E-state index contributed by atoms with van der Waals surface area (Å²) in [6.07, 6.45) is -1.17. The average molecular weight is 402 g/mol. The van der Waals surface area contributed by atoms with Crippen molar-refractivity contribution < 1.29 is 19.1 Å². The lowest BCUT2D eigenvalue weighted by atomic mass is 10.0. The Balaban J connectivity index is 1.44. The van der Waals surface area contributed by atoms with Gasteiger partial charge in [0.2, 0.25) is 0 Å². The van der Waals surface area contributed by atoms with Crippen LogP contribution in [0.5, 0.6) is 0 Å². The predicted octanol–water partition coefficient (Wildman–Crippen LogP) is 4.93. The van der Waals surface area contributed by atoms with Gasteiger partial charge < -0.3 is 9.47 Å². The maximum absolute atomic E-state index is 12.8. The van der Waals surface area contributed by atoms with E-state index in [-0.39, 0.29) is 19.3 Å². The van der Waals surface area contributed by atoms with Gasteiger partial charge in [0, 0.05) is 0 Å². The van der Waals surface area contributed by atoms with Gasteiger partial charge in [0.05, 0.1) is 6.54 Å². The summed E-state index contributed by atoms with van der Waals surface area (Å²) in [6, 6.07) is 28.1. The summed E-state index contributed by atoms with van der Waals surface area (Å²) in [5, 5.41) is 2.61. The Labute approximate surface area is 175 Å². The molecule has 3 aromatic rings. The van der Waals surface area contributed by atoms with Gasteiger partial charge in [0.25, 0.3) is 0 Å². The largest absolute Gasteiger partial charge is 0.443 e. The Kier molecular flexibility index (Phi) is 5.94. The fourth-order valence-electron chi connectivity index (χ4n) is 3.29. The third-order valence-corrected chi connectivity index (χ3v) is 4.89. The van der Waals surface area contributed by atoms with Crippen LogP contribution in [0, 0.1) is 0 Å². The SMILES string of the molecule is O=C(OCc1ccccc1)N1C[C@H](c2ccccc2)N1C(=O)OCc1ccccc1. The van der Waals surface area contributed by atoms with Crippen LogP contribution >= 0.6 is 0 Å². The first kappa shape index (κ1) is 19.5. The number of amides is 2.